The number of hydrogen-bond donors (Lipinski definition) is 2. The predicted octanol–water partition coefficient (Wildman–Crippen LogP) is 5.55. The molecule has 0 aliphatic rings. The molecule has 0 spiro atoms. The summed E-state index contributed by atoms with van der Waals surface area (Å²) >= 11 is 0. The first-order valence-electron chi connectivity index (χ1n) is 18.2. The first kappa shape index (κ1) is 42.2. The summed E-state index contributed by atoms with van der Waals surface area (Å²) in [5.74, 6) is 2.89. The van der Waals surface area contributed by atoms with Gasteiger partial charge in [-0.05, 0) is 59.7 Å². The molecule has 14 nitrogen and oxygen atoms in total. The Morgan fingerprint density at radius 2 is 0.879 bits per heavy atom. The van der Waals surface area contributed by atoms with Crippen LogP contribution in [0.1, 0.15) is 22.5 Å². The topological polar surface area (TPSA) is 193 Å². The fourth-order valence-corrected chi connectivity index (χ4v) is 5.74. The van der Waals surface area contributed by atoms with E-state index in [1.54, 1.807) is 38.7 Å². The highest BCUT2D eigenvalue weighted by Gasteiger charge is 2.18. The molecule has 6 rings (SSSR count). The maximum absolute atomic E-state index is 11.6. The minimum Gasteiger partial charge on any atom is -0.496 e. The van der Waals surface area contributed by atoms with Gasteiger partial charge in [-0.25, -0.2) is 19.9 Å². The lowest BCUT2D eigenvalue weighted by molar-refractivity contribution is -0.142. The molecule has 0 fully saturated rings. The molecule has 4 N–H and O–H groups in total. The van der Waals surface area contributed by atoms with Crippen molar-refractivity contribution in [1.82, 2.24) is 19.9 Å². The molecule has 0 amide bonds. The quantitative estimate of drug-likeness (QED) is 0.116. The monoisotopic (exact) mass is 786 g/mol. The maximum Gasteiger partial charge on any atom is 0.322 e. The van der Waals surface area contributed by atoms with E-state index in [0.29, 0.717) is 58.9 Å². The van der Waals surface area contributed by atoms with E-state index >= 15 is 0 Å². The molecular formula is C44H46N6O8. The van der Waals surface area contributed by atoms with Crippen molar-refractivity contribution in [3.63, 3.8) is 0 Å². The molecule has 0 unspecified atom stereocenters. The number of aromatic nitrogens is 4. The molecule has 0 aliphatic carbocycles. The van der Waals surface area contributed by atoms with Gasteiger partial charge in [0.25, 0.3) is 0 Å². The van der Waals surface area contributed by atoms with Gasteiger partial charge in [-0.3, -0.25) is 9.59 Å². The number of esters is 2. The van der Waals surface area contributed by atoms with Crippen molar-refractivity contribution in [2.24, 2.45) is 11.5 Å². The van der Waals surface area contributed by atoms with Crippen molar-refractivity contribution in [2.45, 2.75) is 38.1 Å². The third-order valence-electron chi connectivity index (χ3n) is 8.71. The van der Waals surface area contributed by atoms with E-state index in [1.165, 1.54) is 14.2 Å². The Morgan fingerprint density at radius 1 is 0.517 bits per heavy atom. The summed E-state index contributed by atoms with van der Waals surface area (Å²) in [6.07, 6.45) is 4.01. The molecule has 0 aliphatic heterocycles. The lowest BCUT2D eigenvalue weighted by Gasteiger charge is -2.14. The Hall–Kier alpha value is -6.90. The molecule has 300 valence electrons. The van der Waals surface area contributed by atoms with Crippen LogP contribution in [0.25, 0.3) is 22.8 Å². The van der Waals surface area contributed by atoms with Crippen LogP contribution in [0, 0.1) is 0 Å². The van der Waals surface area contributed by atoms with E-state index in [4.69, 9.17) is 39.9 Å². The Labute approximate surface area is 337 Å². The molecule has 6 aromatic rings. The van der Waals surface area contributed by atoms with Gasteiger partial charge in [0, 0.05) is 25.2 Å². The minimum absolute atomic E-state index is 0.245. The minimum atomic E-state index is -0.749. The van der Waals surface area contributed by atoms with Gasteiger partial charge in [-0.2, -0.15) is 0 Å². The van der Waals surface area contributed by atoms with Crippen LogP contribution in [0.15, 0.2) is 122 Å². The second-order valence-corrected chi connectivity index (χ2v) is 12.6. The average molecular weight is 787 g/mol. The van der Waals surface area contributed by atoms with Gasteiger partial charge in [0.1, 0.15) is 48.3 Å². The van der Waals surface area contributed by atoms with Crippen molar-refractivity contribution in [3.05, 3.63) is 144 Å². The van der Waals surface area contributed by atoms with Gasteiger partial charge >= 0.3 is 11.9 Å². The van der Waals surface area contributed by atoms with E-state index in [9.17, 15) is 9.59 Å². The van der Waals surface area contributed by atoms with E-state index in [-0.39, 0.29) is 13.2 Å². The summed E-state index contributed by atoms with van der Waals surface area (Å²) in [5, 5.41) is 0. The Balaban J connectivity index is 0.000000221. The maximum atomic E-state index is 11.6. The number of methoxy groups -OCH3 is 4. The standard InChI is InChI=1S/2C22H23N3O4/c2*1-27-20-10-6-4-8-17(20)21-24-12-11-16(25-21)14-29-19-9-5-3-7-15(19)13-18(23)22(26)28-2/h2*3-12,18H,13-14,23H2,1-2H3/t2*18-/m10/s1. The third kappa shape index (κ3) is 11.6. The summed E-state index contributed by atoms with van der Waals surface area (Å²) in [4.78, 5) is 41.1. The smallest absolute Gasteiger partial charge is 0.322 e. The highest BCUT2D eigenvalue weighted by atomic mass is 16.5. The largest absolute Gasteiger partial charge is 0.496 e. The molecule has 0 saturated heterocycles. The molecule has 0 bridgehead atoms. The van der Waals surface area contributed by atoms with Crippen LogP contribution in [-0.2, 0) is 45.1 Å². The van der Waals surface area contributed by atoms with Gasteiger partial charge in [-0.15, -0.1) is 0 Å². The number of carbonyl (C=O) groups is 2. The SMILES string of the molecule is COC(=O)[C@@H](N)Cc1ccccc1OCc1ccnc(-c2ccccc2OC)n1.COC(=O)[C@H](N)Cc1ccccc1OCc1ccnc(-c2ccccc2OC)n1. The molecule has 2 aromatic heterocycles. The van der Waals surface area contributed by atoms with Crippen LogP contribution in [0.3, 0.4) is 0 Å². The van der Waals surface area contributed by atoms with Crippen molar-refractivity contribution in [3.8, 4) is 45.8 Å². The van der Waals surface area contributed by atoms with Crippen LogP contribution in [0.5, 0.6) is 23.0 Å². The molecule has 58 heavy (non-hydrogen) atoms. The lowest BCUT2D eigenvalue weighted by Crippen LogP contribution is -2.33. The average Bonchev–Trinajstić information content (AvgIpc) is 3.28. The van der Waals surface area contributed by atoms with E-state index in [2.05, 4.69) is 19.9 Å². The number of hydrogen-bond acceptors (Lipinski definition) is 14. The first-order chi connectivity index (χ1) is 28.2. The van der Waals surface area contributed by atoms with Crippen molar-refractivity contribution >= 4 is 11.9 Å². The second kappa shape index (κ2) is 21.4. The summed E-state index contributed by atoms with van der Waals surface area (Å²) in [6, 6.07) is 32.1. The Bertz CT molecular complexity index is 2110. The molecule has 4 aromatic carbocycles. The summed E-state index contributed by atoms with van der Waals surface area (Å²) in [7, 11) is 5.86. The zero-order chi connectivity index (χ0) is 41.3. The van der Waals surface area contributed by atoms with Crippen molar-refractivity contribution in [2.75, 3.05) is 28.4 Å². The molecule has 0 saturated carbocycles. The normalized spacial score (nSPS) is 11.6. The third-order valence-corrected chi connectivity index (χ3v) is 8.71. The second-order valence-electron chi connectivity index (χ2n) is 12.6. The summed E-state index contributed by atoms with van der Waals surface area (Å²) < 4.78 is 32.1. The summed E-state index contributed by atoms with van der Waals surface area (Å²) in [6.45, 7) is 0.490. The van der Waals surface area contributed by atoms with Gasteiger partial charge in [0.05, 0.1) is 51.0 Å². The van der Waals surface area contributed by atoms with Crippen LogP contribution < -0.4 is 30.4 Å². The predicted molar refractivity (Wildman–Crippen MR) is 217 cm³/mol. The lowest BCUT2D eigenvalue weighted by atomic mass is 10.1. The number of benzene rings is 4. The molecule has 0 radical (unpaired) electrons. The fourth-order valence-electron chi connectivity index (χ4n) is 5.74. The van der Waals surface area contributed by atoms with E-state index in [1.807, 2.05) is 97.1 Å². The zero-order valence-electron chi connectivity index (χ0n) is 32.7. The van der Waals surface area contributed by atoms with Crippen LogP contribution >= 0.6 is 0 Å². The number of rotatable bonds is 16. The zero-order valence-corrected chi connectivity index (χ0v) is 32.7. The fraction of sp³-hybridized carbons (Fsp3) is 0.227. The van der Waals surface area contributed by atoms with Crippen LogP contribution in [0.4, 0.5) is 0 Å². The van der Waals surface area contributed by atoms with Gasteiger partial charge in [0.15, 0.2) is 11.6 Å². The molecule has 2 heterocycles. The number of ether oxygens (including phenoxy) is 6. The Morgan fingerprint density at radius 3 is 1.26 bits per heavy atom. The van der Waals surface area contributed by atoms with E-state index in [0.717, 1.165) is 22.3 Å². The number of carbonyl (C=O) groups excluding carboxylic acids is 2. The van der Waals surface area contributed by atoms with Crippen molar-refractivity contribution < 1.29 is 38.0 Å². The van der Waals surface area contributed by atoms with E-state index < -0.39 is 24.0 Å². The summed E-state index contributed by atoms with van der Waals surface area (Å²) in [5.41, 5.74) is 16.5. The first-order valence-corrected chi connectivity index (χ1v) is 18.2. The van der Waals surface area contributed by atoms with Gasteiger partial charge < -0.3 is 39.9 Å². The number of nitrogens with zero attached hydrogens (tertiary/aromatic N) is 4. The van der Waals surface area contributed by atoms with Gasteiger partial charge in [0.2, 0.25) is 0 Å². The van der Waals surface area contributed by atoms with Crippen LogP contribution in [0.2, 0.25) is 0 Å². The number of para-hydroxylation sites is 4. The van der Waals surface area contributed by atoms with Crippen LogP contribution in [-0.4, -0.2) is 72.4 Å². The highest BCUT2D eigenvalue weighted by molar-refractivity contribution is 5.76. The molecular weight excluding hydrogens is 741 g/mol. The highest BCUT2D eigenvalue weighted by Crippen LogP contribution is 2.29. The number of nitrogens with two attached hydrogens (primary N) is 2. The molecule has 14 heteroatoms. The Kier molecular flexibility index (Phi) is 15.6. The van der Waals surface area contributed by atoms with Crippen molar-refractivity contribution in [1.29, 1.82) is 0 Å². The molecule has 2 atom stereocenters. The van der Waals surface area contributed by atoms with Gasteiger partial charge in [-0.1, -0.05) is 60.7 Å².